The van der Waals surface area contributed by atoms with E-state index in [4.69, 9.17) is 4.74 Å². The van der Waals surface area contributed by atoms with Gasteiger partial charge in [-0.15, -0.1) is 0 Å². The lowest BCUT2D eigenvalue weighted by Crippen LogP contribution is -2.31. The number of carboxylic acid groups (broad SMARTS) is 1. The molecule has 1 aliphatic rings. The molecule has 22 heavy (non-hydrogen) atoms. The summed E-state index contributed by atoms with van der Waals surface area (Å²) in [5, 5.41) is 20.3. The van der Waals surface area contributed by atoms with Gasteiger partial charge in [0, 0.05) is 31.5 Å². The standard InChI is InChI=1S/C15H20N2O5/c1-10-6-12(7-13(15(18)19)14(10)17(20)21)16(2)8-11-4-3-5-22-9-11/h6-7,11H,3-5,8-9H2,1-2H3,(H,18,19). The third kappa shape index (κ3) is 3.54. The number of aryl methyl sites for hydroxylation is 1. The molecule has 1 unspecified atom stereocenters. The lowest BCUT2D eigenvalue weighted by atomic mass is 10.0. The van der Waals surface area contributed by atoms with Crippen molar-refractivity contribution in [2.75, 3.05) is 31.7 Å². The molecule has 2 rings (SSSR count). The molecule has 1 atom stereocenters. The SMILES string of the molecule is Cc1cc(N(C)CC2CCCOC2)cc(C(=O)O)c1[N+](=O)[O-]. The first kappa shape index (κ1) is 16.2. The number of nitro benzene ring substituents is 1. The number of nitro groups is 1. The summed E-state index contributed by atoms with van der Waals surface area (Å²) in [6, 6.07) is 3.03. The summed E-state index contributed by atoms with van der Waals surface area (Å²) < 4.78 is 5.45. The van der Waals surface area contributed by atoms with Gasteiger partial charge in [0.15, 0.2) is 0 Å². The predicted octanol–water partition coefficient (Wildman–Crippen LogP) is 2.46. The lowest BCUT2D eigenvalue weighted by molar-refractivity contribution is -0.385. The van der Waals surface area contributed by atoms with Crippen LogP contribution in [0.25, 0.3) is 0 Å². The summed E-state index contributed by atoms with van der Waals surface area (Å²) in [6.45, 7) is 3.78. The fraction of sp³-hybridized carbons (Fsp3) is 0.533. The molecule has 120 valence electrons. The van der Waals surface area contributed by atoms with Crippen molar-refractivity contribution in [3.63, 3.8) is 0 Å². The highest BCUT2D eigenvalue weighted by Crippen LogP contribution is 2.30. The molecule has 1 N–H and O–H groups in total. The van der Waals surface area contributed by atoms with E-state index in [1.807, 2.05) is 11.9 Å². The van der Waals surface area contributed by atoms with E-state index in [1.54, 1.807) is 13.0 Å². The summed E-state index contributed by atoms with van der Waals surface area (Å²) >= 11 is 0. The molecule has 0 aliphatic carbocycles. The number of hydrogen-bond donors (Lipinski definition) is 1. The molecule has 0 aromatic heterocycles. The molecular formula is C15H20N2O5. The number of carboxylic acids is 1. The zero-order valence-electron chi connectivity index (χ0n) is 12.7. The van der Waals surface area contributed by atoms with Crippen molar-refractivity contribution < 1.29 is 19.6 Å². The van der Waals surface area contributed by atoms with Crippen LogP contribution in [0.15, 0.2) is 12.1 Å². The summed E-state index contributed by atoms with van der Waals surface area (Å²) in [6.07, 6.45) is 2.10. The Kier molecular flexibility index (Phi) is 4.97. The van der Waals surface area contributed by atoms with Crippen molar-refractivity contribution in [3.8, 4) is 0 Å². The topological polar surface area (TPSA) is 92.9 Å². The number of nitrogens with zero attached hydrogens (tertiary/aromatic N) is 2. The zero-order chi connectivity index (χ0) is 16.3. The Morgan fingerprint density at radius 1 is 1.55 bits per heavy atom. The van der Waals surface area contributed by atoms with Gasteiger partial charge in [-0.3, -0.25) is 10.1 Å². The van der Waals surface area contributed by atoms with Gasteiger partial charge in [-0.25, -0.2) is 4.79 Å². The van der Waals surface area contributed by atoms with Gasteiger partial charge in [0.1, 0.15) is 5.56 Å². The largest absolute Gasteiger partial charge is 0.477 e. The summed E-state index contributed by atoms with van der Waals surface area (Å²) in [5.41, 5.74) is 0.412. The monoisotopic (exact) mass is 308 g/mol. The molecule has 1 saturated heterocycles. The van der Waals surface area contributed by atoms with Gasteiger partial charge in [-0.1, -0.05) is 0 Å². The summed E-state index contributed by atoms with van der Waals surface area (Å²) in [4.78, 5) is 23.6. The van der Waals surface area contributed by atoms with Crippen molar-refractivity contribution in [2.45, 2.75) is 19.8 Å². The first-order valence-electron chi connectivity index (χ1n) is 7.21. The second-order valence-electron chi connectivity index (χ2n) is 5.68. The molecule has 0 radical (unpaired) electrons. The van der Waals surface area contributed by atoms with Crippen molar-refractivity contribution in [1.82, 2.24) is 0 Å². The summed E-state index contributed by atoms with van der Waals surface area (Å²) in [5.74, 6) is -0.895. The number of ether oxygens (including phenoxy) is 1. The fourth-order valence-corrected chi connectivity index (χ4v) is 2.83. The van der Waals surface area contributed by atoms with Gasteiger partial charge in [0.25, 0.3) is 5.69 Å². The van der Waals surface area contributed by atoms with Crippen molar-refractivity contribution in [1.29, 1.82) is 0 Å². The highest BCUT2D eigenvalue weighted by molar-refractivity contribution is 5.94. The van der Waals surface area contributed by atoms with E-state index in [-0.39, 0.29) is 11.3 Å². The van der Waals surface area contributed by atoms with E-state index >= 15 is 0 Å². The molecule has 0 spiro atoms. The first-order chi connectivity index (χ1) is 10.4. The van der Waals surface area contributed by atoms with Crippen molar-refractivity contribution in [3.05, 3.63) is 33.4 Å². The first-order valence-corrected chi connectivity index (χ1v) is 7.21. The Morgan fingerprint density at radius 3 is 2.82 bits per heavy atom. The number of rotatable bonds is 5. The predicted molar refractivity (Wildman–Crippen MR) is 81.6 cm³/mol. The third-order valence-electron chi connectivity index (χ3n) is 3.93. The smallest absolute Gasteiger partial charge is 0.342 e. The number of benzene rings is 1. The number of anilines is 1. The molecule has 1 heterocycles. The second-order valence-corrected chi connectivity index (χ2v) is 5.68. The quantitative estimate of drug-likeness (QED) is 0.663. The fourth-order valence-electron chi connectivity index (χ4n) is 2.83. The number of hydrogen-bond acceptors (Lipinski definition) is 5. The van der Waals surface area contributed by atoms with Crippen LogP contribution in [0.1, 0.15) is 28.8 Å². The molecule has 1 aliphatic heterocycles. The van der Waals surface area contributed by atoms with Crippen LogP contribution in [0.4, 0.5) is 11.4 Å². The second kappa shape index (κ2) is 6.74. The maximum absolute atomic E-state index is 11.3. The van der Waals surface area contributed by atoms with Crippen LogP contribution in [-0.4, -0.2) is 42.8 Å². The highest BCUT2D eigenvalue weighted by atomic mass is 16.6. The van der Waals surface area contributed by atoms with Crippen LogP contribution < -0.4 is 4.90 Å². The van der Waals surface area contributed by atoms with Gasteiger partial charge in [-0.05, 0) is 37.8 Å². The molecule has 0 amide bonds. The van der Waals surface area contributed by atoms with Crippen molar-refractivity contribution >= 4 is 17.3 Å². The minimum absolute atomic E-state index is 0.272. The normalized spacial score (nSPS) is 18.0. The van der Waals surface area contributed by atoms with Crippen LogP contribution in [0.3, 0.4) is 0 Å². The van der Waals surface area contributed by atoms with Gasteiger partial charge < -0.3 is 14.7 Å². The Bertz CT molecular complexity index is 582. The molecule has 1 aromatic carbocycles. The number of carbonyl (C=O) groups is 1. The molecule has 1 aromatic rings. The Hall–Kier alpha value is -2.15. The molecule has 0 bridgehead atoms. The molecule has 7 nitrogen and oxygen atoms in total. The van der Waals surface area contributed by atoms with E-state index in [9.17, 15) is 20.0 Å². The van der Waals surface area contributed by atoms with E-state index in [1.165, 1.54) is 6.07 Å². The van der Waals surface area contributed by atoms with E-state index < -0.39 is 10.9 Å². The van der Waals surface area contributed by atoms with E-state index in [0.717, 1.165) is 26.0 Å². The highest BCUT2D eigenvalue weighted by Gasteiger charge is 2.25. The van der Waals surface area contributed by atoms with Crippen LogP contribution in [0.5, 0.6) is 0 Å². The molecule has 7 heteroatoms. The Morgan fingerprint density at radius 2 is 2.27 bits per heavy atom. The Labute approximate surface area is 128 Å². The van der Waals surface area contributed by atoms with Crippen LogP contribution >= 0.6 is 0 Å². The average Bonchev–Trinajstić information content (AvgIpc) is 2.46. The lowest BCUT2D eigenvalue weighted by Gasteiger charge is -2.28. The molecular weight excluding hydrogens is 288 g/mol. The maximum atomic E-state index is 11.3. The van der Waals surface area contributed by atoms with E-state index in [2.05, 4.69) is 0 Å². The van der Waals surface area contributed by atoms with Gasteiger partial charge in [0.05, 0.1) is 11.5 Å². The van der Waals surface area contributed by atoms with E-state index in [0.29, 0.717) is 23.8 Å². The molecule has 1 fully saturated rings. The van der Waals surface area contributed by atoms with Crippen LogP contribution in [0, 0.1) is 23.0 Å². The third-order valence-corrected chi connectivity index (χ3v) is 3.93. The zero-order valence-corrected chi connectivity index (χ0v) is 12.7. The Balaban J connectivity index is 2.27. The van der Waals surface area contributed by atoms with Crippen molar-refractivity contribution in [2.24, 2.45) is 5.92 Å². The van der Waals surface area contributed by atoms with Crippen LogP contribution in [0.2, 0.25) is 0 Å². The summed E-state index contributed by atoms with van der Waals surface area (Å²) in [7, 11) is 1.86. The minimum atomic E-state index is -1.29. The maximum Gasteiger partial charge on any atom is 0.342 e. The molecule has 0 saturated carbocycles. The van der Waals surface area contributed by atoms with Gasteiger partial charge >= 0.3 is 5.97 Å². The average molecular weight is 308 g/mol. The number of aromatic carboxylic acids is 1. The van der Waals surface area contributed by atoms with Gasteiger partial charge in [0.2, 0.25) is 0 Å². The van der Waals surface area contributed by atoms with Crippen LogP contribution in [-0.2, 0) is 4.74 Å². The van der Waals surface area contributed by atoms with Gasteiger partial charge in [-0.2, -0.15) is 0 Å². The minimum Gasteiger partial charge on any atom is -0.477 e.